The molecule has 2 aromatic rings. The second-order valence-corrected chi connectivity index (χ2v) is 8.83. The van der Waals surface area contributed by atoms with Crippen LogP contribution in [0.15, 0.2) is 48.5 Å². The molecule has 0 spiro atoms. The molecule has 7 heteroatoms. The van der Waals surface area contributed by atoms with Crippen molar-refractivity contribution in [3.8, 4) is 11.1 Å². The largest absolute Gasteiger partial charge is 0.481 e. The van der Waals surface area contributed by atoms with Crippen LogP contribution in [0.25, 0.3) is 11.1 Å². The summed E-state index contributed by atoms with van der Waals surface area (Å²) in [5.41, 5.74) is 4.59. The highest BCUT2D eigenvalue weighted by Gasteiger charge is 2.30. The van der Waals surface area contributed by atoms with E-state index >= 15 is 0 Å². The average molecular weight is 467 g/mol. The van der Waals surface area contributed by atoms with Gasteiger partial charge in [0.05, 0.1) is 0 Å². The van der Waals surface area contributed by atoms with E-state index in [1.165, 1.54) is 0 Å². The van der Waals surface area contributed by atoms with Crippen molar-refractivity contribution in [2.45, 2.75) is 57.9 Å². The smallest absolute Gasteiger partial charge is 0.407 e. The summed E-state index contributed by atoms with van der Waals surface area (Å²) in [6.45, 7) is 4.52. The van der Waals surface area contributed by atoms with E-state index < -0.39 is 18.1 Å². The van der Waals surface area contributed by atoms with Gasteiger partial charge in [-0.3, -0.25) is 9.59 Å². The maximum absolute atomic E-state index is 12.7. The SMILES string of the molecule is CCC(C)[C@H](NC(=O)OCC1c2ccccc2-c2ccccc21)C(=O)NCCCCCC(=O)O. The molecule has 1 aliphatic carbocycles. The van der Waals surface area contributed by atoms with Crippen molar-refractivity contribution in [2.75, 3.05) is 13.2 Å². The van der Waals surface area contributed by atoms with Gasteiger partial charge in [-0.1, -0.05) is 75.2 Å². The number of ether oxygens (including phenoxy) is 1. The van der Waals surface area contributed by atoms with Gasteiger partial charge < -0.3 is 20.5 Å². The highest BCUT2D eigenvalue weighted by atomic mass is 16.5. The van der Waals surface area contributed by atoms with Crippen molar-refractivity contribution >= 4 is 18.0 Å². The minimum atomic E-state index is -0.812. The Morgan fingerprint density at radius 2 is 1.59 bits per heavy atom. The van der Waals surface area contributed by atoms with E-state index in [0.29, 0.717) is 19.4 Å². The fraction of sp³-hybridized carbons (Fsp3) is 0.444. The Labute approximate surface area is 200 Å². The number of hydrogen-bond donors (Lipinski definition) is 3. The molecule has 7 nitrogen and oxygen atoms in total. The molecule has 3 rings (SSSR count). The van der Waals surface area contributed by atoms with Crippen molar-refractivity contribution in [1.29, 1.82) is 0 Å². The summed E-state index contributed by atoms with van der Waals surface area (Å²) in [7, 11) is 0. The number of carboxylic acid groups (broad SMARTS) is 1. The summed E-state index contributed by atoms with van der Waals surface area (Å²) in [5.74, 6) is -1.17. The fourth-order valence-corrected chi connectivity index (χ4v) is 4.37. The number of amides is 2. The molecule has 1 aliphatic rings. The summed E-state index contributed by atoms with van der Waals surface area (Å²) >= 11 is 0. The number of nitrogens with one attached hydrogen (secondary N) is 2. The molecule has 3 N–H and O–H groups in total. The van der Waals surface area contributed by atoms with E-state index in [0.717, 1.165) is 35.1 Å². The number of carbonyl (C=O) groups is 3. The van der Waals surface area contributed by atoms with Crippen LogP contribution in [0.2, 0.25) is 0 Å². The molecule has 0 bridgehead atoms. The first-order valence-electron chi connectivity index (χ1n) is 12.0. The summed E-state index contributed by atoms with van der Waals surface area (Å²) in [6.07, 6.45) is 2.24. The van der Waals surface area contributed by atoms with Gasteiger partial charge >= 0.3 is 12.1 Å². The van der Waals surface area contributed by atoms with E-state index in [2.05, 4.69) is 34.9 Å². The van der Waals surface area contributed by atoms with Crippen LogP contribution in [0.3, 0.4) is 0 Å². The lowest BCUT2D eigenvalue weighted by Crippen LogP contribution is -2.50. The first-order valence-corrected chi connectivity index (χ1v) is 12.0. The monoisotopic (exact) mass is 466 g/mol. The van der Waals surface area contributed by atoms with Gasteiger partial charge in [-0.05, 0) is 41.0 Å². The number of alkyl carbamates (subject to hydrolysis) is 1. The zero-order chi connectivity index (χ0) is 24.5. The second-order valence-electron chi connectivity index (χ2n) is 8.83. The fourth-order valence-electron chi connectivity index (χ4n) is 4.37. The van der Waals surface area contributed by atoms with E-state index in [9.17, 15) is 14.4 Å². The van der Waals surface area contributed by atoms with Crippen LogP contribution in [-0.4, -0.2) is 42.3 Å². The standard InChI is InChI=1S/C27H34N2O5/c1-3-18(2)25(26(32)28-16-10-4-5-15-24(30)31)29-27(33)34-17-23-21-13-8-6-11-19(21)20-12-7-9-14-22(20)23/h6-9,11-14,18,23,25H,3-5,10,15-17H2,1-2H3,(H,28,32)(H,29,33)(H,30,31)/t18?,25-/m0/s1. The molecule has 182 valence electrons. The zero-order valence-corrected chi connectivity index (χ0v) is 19.9. The van der Waals surface area contributed by atoms with Gasteiger partial charge in [0, 0.05) is 18.9 Å². The highest BCUT2D eigenvalue weighted by Crippen LogP contribution is 2.44. The maximum Gasteiger partial charge on any atom is 0.407 e. The lowest BCUT2D eigenvalue weighted by molar-refractivity contribution is -0.137. The van der Waals surface area contributed by atoms with Gasteiger partial charge in [-0.15, -0.1) is 0 Å². The average Bonchev–Trinajstić information content (AvgIpc) is 3.16. The van der Waals surface area contributed by atoms with Crippen LogP contribution in [0.1, 0.15) is 63.0 Å². The van der Waals surface area contributed by atoms with Gasteiger partial charge in [-0.25, -0.2) is 4.79 Å². The maximum atomic E-state index is 12.7. The van der Waals surface area contributed by atoms with E-state index in [1.54, 1.807) is 0 Å². The van der Waals surface area contributed by atoms with Gasteiger partial charge in [-0.2, -0.15) is 0 Å². The molecule has 2 atom stereocenters. The van der Waals surface area contributed by atoms with E-state index in [1.807, 2.05) is 38.1 Å². The van der Waals surface area contributed by atoms with Gasteiger partial charge in [0.2, 0.25) is 5.91 Å². The summed E-state index contributed by atoms with van der Waals surface area (Å²) < 4.78 is 5.61. The number of aliphatic carboxylic acids is 1. The molecule has 0 radical (unpaired) electrons. The van der Waals surface area contributed by atoms with Gasteiger partial charge in [0.15, 0.2) is 0 Å². The van der Waals surface area contributed by atoms with Crippen molar-refractivity contribution < 1.29 is 24.2 Å². The third kappa shape index (κ3) is 6.37. The van der Waals surface area contributed by atoms with Crippen molar-refractivity contribution in [3.63, 3.8) is 0 Å². The molecule has 0 heterocycles. The molecular formula is C27H34N2O5. The van der Waals surface area contributed by atoms with Crippen LogP contribution < -0.4 is 10.6 Å². The Hall–Kier alpha value is -3.35. The third-order valence-electron chi connectivity index (χ3n) is 6.48. The Morgan fingerprint density at radius 3 is 2.18 bits per heavy atom. The molecule has 2 amide bonds. The van der Waals surface area contributed by atoms with Gasteiger partial charge in [0.1, 0.15) is 12.6 Å². The lowest BCUT2D eigenvalue weighted by Gasteiger charge is -2.24. The first kappa shape index (κ1) is 25.3. The molecule has 2 aromatic carbocycles. The zero-order valence-electron chi connectivity index (χ0n) is 19.9. The number of rotatable bonds is 12. The van der Waals surface area contributed by atoms with E-state index in [-0.39, 0.29) is 30.8 Å². The number of unbranched alkanes of at least 4 members (excludes halogenated alkanes) is 2. The normalized spacial score (nSPS) is 13.9. The van der Waals surface area contributed by atoms with Crippen LogP contribution in [-0.2, 0) is 14.3 Å². The Kier molecular flexibility index (Phi) is 9.08. The van der Waals surface area contributed by atoms with Gasteiger partial charge in [0.25, 0.3) is 0 Å². The summed E-state index contributed by atoms with van der Waals surface area (Å²) in [4.78, 5) is 36.0. The predicted molar refractivity (Wildman–Crippen MR) is 131 cm³/mol. The number of carboxylic acids is 1. The molecule has 0 saturated heterocycles. The Morgan fingerprint density at radius 1 is 0.971 bits per heavy atom. The molecule has 0 fully saturated rings. The number of carbonyl (C=O) groups excluding carboxylic acids is 2. The highest BCUT2D eigenvalue weighted by molar-refractivity contribution is 5.86. The molecule has 0 aliphatic heterocycles. The minimum absolute atomic E-state index is 0.0418. The van der Waals surface area contributed by atoms with Crippen LogP contribution in [0.5, 0.6) is 0 Å². The number of fused-ring (bicyclic) bond motifs is 3. The minimum Gasteiger partial charge on any atom is -0.481 e. The summed E-state index contributed by atoms with van der Waals surface area (Å²) in [6, 6.07) is 15.6. The quantitative estimate of drug-likeness (QED) is 0.393. The molecular weight excluding hydrogens is 432 g/mol. The Balaban J connectivity index is 1.54. The third-order valence-corrected chi connectivity index (χ3v) is 6.48. The van der Waals surface area contributed by atoms with Crippen molar-refractivity contribution in [2.24, 2.45) is 5.92 Å². The predicted octanol–water partition coefficient (Wildman–Crippen LogP) is 4.70. The Bertz CT molecular complexity index is 961. The molecule has 1 unspecified atom stereocenters. The molecule has 0 saturated carbocycles. The number of hydrogen-bond acceptors (Lipinski definition) is 4. The lowest BCUT2D eigenvalue weighted by atomic mass is 9.98. The topological polar surface area (TPSA) is 105 Å². The molecule has 34 heavy (non-hydrogen) atoms. The van der Waals surface area contributed by atoms with Crippen molar-refractivity contribution in [3.05, 3.63) is 59.7 Å². The van der Waals surface area contributed by atoms with Crippen LogP contribution in [0, 0.1) is 5.92 Å². The van der Waals surface area contributed by atoms with E-state index in [4.69, 9.17) is 9.84 Å². The first-order chi connectivity index (χ1) is 16.4. The second kappa shape index (κ2) is 12.2. The number of benzene rings is 2. The van der Waals surface area contributed by atoms with Crippen LogP contribution >= 0.6 is 0 Å². The summed E-state index contributed by atoms with van der Waals surface area (Å²) in [5, 5.41) is 14.3. The molecule has 0 aromatic heterocycles. The van der Waals surface area contributed by atoms with Crippen LogP contribution in [0.4, 0.5) is 4.79 Å². The van der Waals surface area contributed by atoms with Crippen molar-refractivity contribution in [1.82, 2.24) is 10.6 Å².